The molecule has 0 spiro atoms. The van der Waals surface area contributed by atoms with Crippen molar-refractivity contribution in [1.29, 1.82) is 0 Å². The molecule has 0 radical (unpaired) electrons. The summed E-state index contributed by atoms with van der Waals surface area (Å²) >= 11 is 0. The largest absolute Gasteiger partial charge is 0.350 e. The molecule has 0 amide bonds. The fraction of sp³-hybridized carbons (Fsp3) is 0.250. The van der Waals surface area contributed by atoms with Crippen molar-refractivity contribution in [2.45, 2.75) is 26.3 Å². The maximum atomic E-state index is 12.2. The lowest BCUT2D eigenvalue weighted by molar-refractivity contribution is 0.490. The van der Waals surface area contributed by atoms with Crippen LogP contribution in [0.1, 0.15) is 31.9 Å². The van der Waals surface area contributed by atoms with Crippen molar-refractivity contribution in [3.63, 3.8) is 0 Å². The quantitative estimate of drug-likeness (QED) is 0.765. The molecule has 1 unspecified atom stereocenters. The number of para-hydroxylation sites is 1. The van der Waals surface area contributed by atoms with Crippen molar-refractivity contribution >= 4 is 24.2 Å². The Morgan fingerprint density at radius 1 is 1.40 bits per heavy atom. The van der Waals surface area contributed by atoms with Gasteiger partial charge in [-0.25, -0.2) is 4.79 Å². The molecule has 1 aliphatic heterocycles. The first kappa shape index (κ1) is 12.7. The second-order valence-corrected chi connectivity index (χ2v) is 5.09. The van der Waals surface area contributed by atoms with E-state index in [2.05, 4.69) is 16.9 Å². The van der Waals surface area contributed by atoms with Gasteiger partial charge in [0.25, 0.3) is 0 Å². The Kier molecular flexibility index (Phi) is 2.93. The summed E-state index contributed by atoms with van der Waals surface area (Å²) in [5.41, 5.74) is 1.80. The van der Waals surface area contributed by atoms with Crippen LogP contribution in [0.4, 0.5) is 11.5 Å². The van der Waals surface area contributed by atoms with Crippen molar-refractivity contribution in [1.82, 2.24) is 9.55 Å². The molecule has 2 heterocycles. The number of hydrogen-bond donors (Lipinski definition) is 1. The Balaban J connectivity index is 2.34. The summed E-state index contributed by atoms with van der Waals surface area (Å²) in [7, 11) is 0. The number of nitrogens with zero attached hydrogens (tertiary/aromatic N) is 2. The minimum Gasteiger partial charge on any atom is -0.339 e. The number of hydrogen-bond acceptors (Lipinski definition) is 3. The summed E-state index contributed by atoms with van der Waals surface area (Å²) < 4.78 is 1.67. The van der Waals surface area contributed by atoms with Gasteiger partial charge in [-0.1, -0.05) is 31.7 Å². The molecule has 1 aliphatic rings. The van der Waals surface area contributed by atoms with Crippen molar-refractivity contribution < 1.29 is 0 Å². The van der Waals surface area contributed by atoms with Crippen LogP contribution in [-0.4, -0.2) is 9.55 Å². The van der Waals surface area contributed by atoms with Gasteiger partial charge in [0.2, 0.25) is 0 Å². The molecule has 1 atom stereocenters. The molecule has 4 heteroatoms. The molecule has 0 bridgehead atoms. The first-order valence-electron chi connectivity index (χ1n) is 6.81. The molecule has 0 saturated carbocycles. The summed E-state index contributed by atoms with van der Waals surface area (Å²) in [5, 5.41) is 4.82. The Labute approximate surface area is 117 Å². The first-order chi connectivity index (χ1) is 9.61. The third-order valence-electron chi connectivity index (χ3n) is 3.82. The number of fused-ring (bicyclic) bond motifs is 2. The highest BCUT2D eigenvalue weighted by Crippen LogP contribution is 2.21. The molecular formula is C16H17N3O. The smallest absolute Gasteiger partial charge is 0.339 e. The van der Waals surface area contributed by atoms with Crippen LogP contribution in [0.5, 0.6) is 0 Å². The zero-order chi connectivity index (χ0) is 14.3. The zero-order valence-corrected chi connectivity index (χ0v) is 11.7. The molecule has 102 valence electrons. The molecule has 0 fully saturated rings. The molecule has 1 aromatic heterocycles. The van der Waals surface area contributed by atoms with E-state index in [1.54, 1.807) is 4.57 Å². The molecule has 3 rings (SSSR count). The Bertz CT molecular complexity index is 836. The van der Waals surface area contributed by atoms with Gasteiger partial charge in [-0.3, -0.25) is 4.57 Å². The Hall–Kier alpha value is -2.36. The van der Waals surface area contributed by atoms with Crippen LogP contribution in [0.3, 0.4) is 0 Å². The van der Waals surface area contributed by atoms with Gasteiger partial charge in [0.15, 0.2) is 0 Å². The van der Waals surface area contributed by atoms with Crippen LogP contribution < -0.4 is 21.6 Å². The molecule has 0 aliphatic carbocycles. The van der Waals surface area contributed by atoms with Crippen LogP contribution in [0, 0.1) is 0 Å². The molecule has 20 heavy (non-hydrogen) atoms. The van der Waals surface area contributed by atoms with E-state index in [1.807, 2.05) is 44.2 Å². The van der Waals surface area contributed by atoms with E-state index < -0.39 is 0 Å². The van der Waals surface area contributed by atoms with Crippen LogP contribution in [0.15, 0.2) is 29.1 Å². The fourth-order valence-electron chi connectivity index (χ4n) is 2.50. The standard InChI is InChI=1S/C16H17N3O/c1-4-10(2)19-11(3)13-9-12-7-5-6-8-14(12)17-15(13)18-16(19)20/h5-10H,3-4H2,1-2H3,(H,17,18,20). The van der Waals surface area contributed by atoms with E-state index in [4.69, 9.17) is 0 Å². The molecule has 4 nitrogen and oxygen atoms in total. The van der Waals surface area contributed by atoms with E-state index in [0.29, 0.717) is 5.82 Å². The summed E-state index contributed by atoms with van der Waals surface area (Å²) in [4.78, 5) is 16.3. The Morgan fingerprint density at radius 2 is 2.15 bits per heavy atom. The Morgan fingerprint density at radius 3 is 2.90 bits per heavy atom. The van der Waals surface area contributed by atoms with E-state index >= 15 is 0 Å². The highest BCUT2D eigenvalue weighted by Gasteiger charge is 2.14. The lowest BCUT2D eigenvalue weighted by Crippen LogP contribution is -2.47. The molecule has 0 saturated heterocycles. The van der Waals surface area contributed by atoms with Crippen molar-refractivity contribution in [3.05, 3.63) is 50.9 Å². The van der Waals surface area contributed by atoms with Gasteiger partial charge in [0.1, 0.15) is 5.82 Å². The van der Waals surface area contributed by atoms with Crippen molar-refractivity contribution in [2.24, 2.45) is 0 Å². The normalized spacial score (nSPS) is 13.7. The fourth-order valence-corrected chi connectivity index (χ4v) is 2.50. The monoisotopic (exact) mass is 267 g/mol. The van der Waals surface area contributed by atoms with Gasteiger partial charge < -0.3 is 5.32 Å². The second-order valence-electron chi connectivity index (χ2n) is 5.09. The second kappa shape index (κ2) is 4.63. The van der Waals surface area contributed by atoms with Gasteiger partial charge in [-0.05, 0) is 31.1 Å². The highest BCUT2D eigenvalue weighted by molar-refractivity contribution is 5.76. The number of benzene rings is 1. The number of rotatable bonds is 2. The molecule has 1 N–H and O–H groups in total. The summed E-state index contributed by atoms with van der Waals surface area (Å²) in [5.74, 6) is 0.596. The van der Waals surface area contributed by atoms with Gasteiger partial charge in [-0.15, -0.1) is 0 Å². The molecular weight excluding hydrogens is 250 g/mol. The maximum Gasteiger partial charge on any atom is 0.350 e. The predicted octanol–water partition coefficient (Wildman–Crippen LogP) is 1.51. The van der Waals surface area contributed by atoms with Gasteiger partial charge in [0.05, 0.1) is 0 Å². The van der Waals surface area contributed by atoms with E-state index in [9.17, 15) is 4.79 Å². The van der Waals surface area contributed by atoms with E-state index in [0.717, 1.165) is 28.2 Å². The zero-order valence-electron chi connectivity index (χ0n) is 11.7. The summed E-state index contributed by atoms with van der Waals surface area (Å²) in [6.07, 6.45) is 2.90. The van der Waals surface area contributed by atoms with Gasteiger partial charge >= 0.3 is 5.69 Å². The predicted molar refractivity (Wildman–Crippen MR) is 81.6 cm³/mol. The molecule has 2 aromatic rings. The summed E-state index contributed by atoms with van der Waals surface area (Å²) in [6.45, 7) is 8.15. The minimum atomic E-state index is -0.247. The van der Waals surface area contributed by atoms with Crippen molar-refractivity contribution in [2.75, 3.05) is 5.32 Å². The number of anilines is 2. The lowest BCUT2D eigenvalue weighted by atomic mass is 10.1. The number of aromatic nitrogens is 2. The van der Waals surface area contributed by atoms with E-state index in [1.165, 1.54) is 0 Å². The lowest BCUT2D eigenvalue weighted by Gasteiger charge is -2.19. The van der Waals surface area contributed by atoms with Crippen LogP contribution in [0.25, 0.3) is 12.7 Å². The topological polar surface area (TPSA) is 46.9 Å². The number of nitrogens with one attached hydrogen (secondary N) is 1. The summed E-state index contributed by atoms with van der Waals surface area (Å²) in [6, 6.07) is 8.04. The van der Waals surface area contributed by atoms with Crippen LogP contribution in [-0.2, 0) is 0 Å². The van der Waals surface area contributed by atoms with E-state index in [-0.39, 0.29) is 11.7 Å². The van der Waals surface area contributed by atoms with Gasteiger partial charge in [0, 0.05) is 22.3 Å². The maximum absolute atomic E-state index is 12.2. The first-order valence-corrected chi connectivity index (χ1v) is 6.81. The third kappa shape index (κ3) is 1.84. The average molecular weight is 267 g/mol. The van der Waals surface area contributed by atoms with Gasteiger partial charge in [-0.2, -0.15) is 4.98 Å². The van der Waals surface area contributed by atoms with Crippen molar-refractivity contribution in [3.8, 4) is 0 Å². The SMILES string of the molecule is C=c1c2c(nc(=O)n1C(C)CC)Nc1ccccc1C=2. The average Bonchev–Trinajstić information content (AvgIpc) is 2.45. The van der Waals surface area contributed by atoms with Crippen LogP contribution >= 0.6 is 0 Å². The van der Waals surface area contributed by atoms with Crippen LogP contribution in [0.2, 0.25) is 0 Å². The third-order valence-corrected chi connectivity index (χ3v) is 3.82. The molecule has 1 aromatic carbocycles. The highest BCUT2D eigenvalue weighted by atomic mass is 16.1. The minimum absolute atomic E-state index is 0.0957.